The topological polar surface area (TPSA) is 52.3 Å². The fourth-order valence-corrected chi connectivity index (χ4v) is 2.41. The molecule has 0 radical (unpaired) electrons. The number of thioether (sulfide) groups is 1. The van der Waals surface area contributed by atoms with Crippen LogP contribution in [0.3, 0.4) is 0 Å². The Morgan fingerprint density at radius 2 is 2.37 bits per heavy atom. The van der Waals surface area contributed by atoms with Gasteiger partial charge in [0.1, 0.15) is 11.3 Å². The van der Waals surface area contributed by atoms with Gasteiger partial charge in [0.2, 0.25) is 5.89 Å². The van der Waals surface area contributed by atoms with Crippen LogP contribution in [0.5, 0.6) is 0 Å². The van der Waals surface area contributed by atoms with Gasteiger partial charge in [-0.3, -0.25) is 4.79 Å². The van der Waals surface area contributed by atoms with E-state index in [1.165, 1.54) is 19.2 Å². The van der Waals surface area contributed by atoms with Crippen molar-refractivity contribution in [3.63, 3.8) is 0 Å². The summed E-state index contributed by atoms with van der Waals surface area (Å²) in [5, 5.41) is 0.110. The van der Waals surface area contributed by atoms with Gasteiger partial charge in [0.15, 0.2) is 5.58 Å². The number of carbonyl (C=O) groups is 1. The van der Waals surface area contributed by atoms with Gasteiger partial charge in [0, 0.05) is 11.3 Å². The normalized spacial score (nSPS) is 12.6. The number of nitrogens with zero attached hydrogens (tertiary/aromatic N) is 1. The summed E-state index contributed by atoms with van der Waals surface area (Å²) in [5.74, 6) is 0.495. The summed E-state index contributed by atoms with van der Waals surface area (Å²) in [6, 6.07) is 4.24. The van der Waals surface area contributed by atoms with Crippen molar-refractivity contribution >= 4 is 28.8 Å². The molecular formula is C13H14FNO3S. The highest BCUT2D eigenvalue weighted by Gasteiger charge is 2.12. The zero-order valence-corrected chi connectivity index (χ0v) is 11.5. The Bertz CT molecular complexity index is 584. The van der Waals surface area contributed by atoms with Crippen molar-refractivity contribution < 1.29 is 18.3 Å². The zero-order valence-electron chi connectivity index (χ0n) is 10.7. The highest BCUT2D eigenvalue weighted by atomic mass is 32.2. The molecule has 1 aromatic heterocycles. The minimum Gasteiger partial charge on any atom is -0.469 e. The number of methoxy groups -OCH3 is 1. The highest BCUT2D eigenvalue weighted by molar-refractivity contribution is 7.99. The molecule has 0 aliphatic heterocycles. The molecule has 0 saturated heterocycles. The molecule has 1 atom stereocenters. The van der Waals surface area contributed by atoms with E-state index >= 15 is 0 Å². The van der Waals surface area contributed by atoms with Gasteiger partial charge in [-0.1, -0.05) is 6.92 Å². The molecule has 0 bridgehead atoms. The molecule has 102 valence electrons. The Morgan fingerprint density at radius 3 is 3.11 bits per heavy atom. The van der Waals surface area contributed by atoms with Crippen LogP contribution in [0.1, 0.15) is 19.2 Å². The van der Waals surface area contributed by atoms with E-state index in [0.29, 0.717) is 29.2 Å². The average molecular weight is 283 g/mol. The lowest BCUT2D eigenvalue weighted by atomic mass is 10.3. The first kappa shape index (κ1) is 13.9. The van der Waals surface area contributed by atoms with Crippen molar-refractivity contribution in [2.45, 2.75) is 24.3 Å². The number of oxazole rings is 1. The maximum atomic E-state index is 13.0. The number of hydrogen-bond donors (Lipinski definition) is 0. The summed E-state index contributed by atoms with van der Waals surface area (Å²) < 4.78 is 23.1. The van der Waals surface area contributed by atoms with Gasteiger partial charge < -0.3 is 9.15 Å². The highest BCUT2D eigenvalue weighted by Crippen LogP contribution is 2.23. The van der Waals surface area contributed by atoms with Gasteiger partial charge in [-0.2, -0.15) is 0 Å². The van der Waals surface area contributed by atoms with Crippen LogP contribution in [0.25, 0.3) is 11.1 Å². The van der Waals surface area contributed by atoms with Gasteiger partial charge in [-0.15, -0.1) is 11.8 Å². The van der Waals surface area contributed by atoms with E-state index in [1.807, 2.05) is 6.92 Å². The molecule has 1 unspecified atom stereocenters. The molecule has 2 rings (SSSR count). The summed E-state index contributed by atoms with van der Waals surface area (Å²) in [7, 11) is 1.37. The van der Waals surface area contributed by atoms with E-state index in [1.54, 1.807) is 17.8 Å². The SMILES string of the molecule is COC(=O)CC(C)SCc1nc2cc(F)ccc2o1. The standard InChI is InChI=1S/C13H14FNO3S/c1-8(5-13(16)17-2)19-7-12-15-10-6-9(14)3-4-11(10)18-12/h3-4,6,8H,5,7H2,1-2H3. The van der Waals surface area contributed by atoms with Gasteiger partial charge in [-0.05, 0) is 12.1 Å². The van der Waals surface area contributed by atoms with Crippen LogP contribution in [0.4, 0.5) is 4.39 Å². The molecule has 0 amide bonds. The van der Waals surface area contributed by atoms with Gasteiger partial charge in [0.05, 0.1) is 19.3 Å². The second-order valence-corrected chi connectivity index (χ2v) is 5.55. The second-order valence-electron chi connectivity index (χ2n) is 4.12. The monoisotopic (exact) mass is 283 g/mol. The van der Waals surface area contributed by atoms with Gasteiger partial charge in [0.25, 0.3) is 0 Å². The molecule has 4 nitrogen and oxygen atoms in total. The second kappa shape index (κ2) is 6.06. The number of aromatic nitrogens is 1. The third kappa shape index (κ3) is 3.70. The van der Waals surface area contributed by atoms with E-state index in [2.05, 4.69) is 9.72 Å². The number of rotatable bonds is 5. The Morgan fingerprint density at radius 1 is 1.58 bits per heavy atom. The van der Waals surface area contributed by atoms with Crippen LogP contribution >= 0.6 is 11.8 Å². The summed E-state index contributed by atoms with van der Waals surface area (Å²) in [6.45, 7) is 1.93. The molecule has 0 aliphatic carbocycles. The minimum atomic E-state index is -0.334. The molecule has 0 N–H and O–H groups in total. The predicted molar refractivity (Wildman–Crippen MR) is 71.4 cm³/mol. The molecule has 1 aromatic carbocycles. The number of benzene rings is 1. The van der Waals surface area contributed by atoms with Crippen molar-refractivity contribution in [3.05, 3.63) is 29.9 Å². The van der Waals surface area contributed by atoms with E-state index in [9.17, 15) is 9.18 Å². The number of carbonyl (C=O) groups excluding carboxylic acids is 1. The van der Waals surface area contributed by atoms with E-state index in [0.717, 1.165) is 0 Å². The smallest absolute Gasteiger partial charge is 0.306 e. The number of fused-ring (bicyclic) bond motifs is 1. The summed E-state index contributed by atoms with van der Waals surface area (Å²) in [4.78, 5) is 15.3. The minimum absolute atomic E-state index is 0.110. The quantitative estimate of drug-likeness (QED) is 0.789. The number of esters is 1. The lowest BCUT2D eigenvalue weighted by molar-refractivity contribution is -0.140. The van der Waals surface area contributed by atoms with Gasteiger partial charge >= 0.3 is 5.97 Å². The van der Waals surface area contributed by atoms with Crippen molar-refractivity contribution in [2.24, 2.45) is 0 Å². The van der Waals surface area contributed by atoms with Crippen LogP contribution in [0, 0.1) is 5.82 Å². The summed E-state index contributed by atoms with van der Waals surface area (Å²) in [5.41, 5.74) is 1.08. The van der Waals surface area contributed by atoms with E-state index in [-0.39, 0.29) is 17.0 Å². The van der Waals surface area contributed by atoms with Crippen LogP contribution in [-0.2, 0) is 15.3 Å². The molecular weight excluding hydrogens is 269 g/mol. The van der Waals surface area contributed by atoms with Crippen molar-refractivity contribution in [1.82, 2.24) is 4.98 Å². The number of halogens is 1. The number of hydrogen-bond acceptors (Lipinski definition) is 5. The molecule has 0 saturated carbocycles. The molecule has 0 spiro atoms. The van der Waals surface area contributed by atoms with Crippen LogP contribution < -0.4 is 0 Å². The molecule has 2 aromatic rings. The van der Waals surface area contributed by atoms with Crippen molar-refractivity contribution in [1.29, 1.82) is 0 Å². The van der Waals surface area contributed by atoms with Gasteiger partial charge in [-0.25, -0.2) is 9.37 Å². The zero-order chi connectivity index (χ0) is 13.8. The average Bonchev–Trinajstić information content (AvgIpc) is 2.78. The Kier molecular flexibility index (Phi) is 4.42. The van der Waals surface area contributed by atoms with Crippen molar-refractivity contribution in [2.75, 3.05) is 7.11 Å². The van der Waals surface area contributed by atoms with Crippen LogP contribution in [-0.4, -0.2) is 23.3 Å². The summed E-state index contributed by atoms with van der Waals surface area (Å²) in [6.07, 6.45) is 0.343. The first-order valence-electron chi connectivity index (χ1n) is 5.82. The van der Waals surface area contributed by atoms with Crippen LogP contribution in [0.15, 0.2) is 22.6 Å². The molecule has 1 heterocycles. The first-order valence-corrected chi connectivity index (χ1v) is 6.86. The van der Waals surface area contributed by atoms with Crippen LogP contribution in [0.2, 0.25) is 0 Å². The summed E-state index contributed by atoms with van der Waals surface area (Å²) >= 11 is 1.54. The number of ether oxygens (including phenoxy) is 1. The first-order chi connectivity index (χ1) is 9.08. The molecule has 6 heteroatoms. The van der Waals surface area contributed by atoms with Crippen molar-refractivity contribution in [3.8, 4) is 0 Å². The Labute approximate surface area is 114 Å². The van der Waals surface area contributed by atoms with E-state index in [4.69, 9.17) is 4.42 Å². The maximum absolute atomic E-state index is 13.0. The largest absolute Gasteiger partial charge is 0.469 e. The Hall–Kier alpha value is -1.56. The Balaban J connectivity index is 1.96. The molecule has 0 fully saturated rings. The lowest BCUT2D eigenvalue weighted by Gasteiger charge is -2.07. The predicted octanol–water partition coefficient (Wildman–Crippen LogP) is 3.15. The van der Waals surface area contributed by atoms with E-state index < -0.39 is 0 Å². The molecule has 19 heavy (non-hydrogen) atoms. The third-order valence-corrected chi connectivity index (χ3v) is 3.72. The fraction of sp³-hybridized carbons (Fsp3) is 0.385. The molecule has 0 aliphatic rings. The third-order valence-electron chi connectivity index (χ3n) is 2.57. The fourth-order valence-electron chi connectivity index (χ4n) is 1.60. The maximum Gasteiger partial charge on any atom is 0.306 e. The lowest BCUT2D eigenvalue weighted by Crippen LogP contribution is -2.08.